The molecule has 1 saturated carbocycles. The van der Waals surface area contributed by atoms with Crippen LogP contribution in [0.5, 0.6) is 5.75 Å². The number of benzene rings is 1. The van der Waals surface area contributed by atoms with Crippen molar-refractivity contribution in [2.24, 2.45) is 4.99 Å². The second kappa shape index (κ2) is 6.69. The summed E-state index contributed by atoms with van der Waals surface area (Å²) in [6.07, 6.45) is 7.03. The summed E-state index contributed by atoms with van der Waals surface area (Å²) < 4.78 is 11.5. The highest BCUT2D eigenvalue weighted by Gasteiger charge is 2.40. The first-order chi connectivity index (χ1) is 12.1. The second-order valence-electron chi connectivity index (χ2n) is 7.27. The standard InChI is InChI=1S/C19H26N4O2/c1-19(4-5-19)25-16-2-3-17(20)14(11-16)10-15-12-18(22-13-21-15)23-6-8-24-9-7-23/h2-3,11-13,18H,4-10,20H2,1H3,(H,21,22). The van der Waals surface area contributed by atoms with Gasteiger partial charge in [-0.2, -0.15) is 0 Å². The average Bonchev–Trinajstić information content (AvgIpc) is 3.36. The Morgan fingerprint density at radius 1 is 1.36 bits per heavy atom. The Labute approximate surface area is 148 Å². The van der Waals surface area contributed by atoms with Crippen molar-refractivity contribution < 1.29 is 9.47 Å². The van der Waals surface area contributed by atoms with E-state index in [4.69, 9.17) is 15.2 Å². The van der Waals surface area contributed by atoms with E-state index >= 15 is 0 Å². The van der Waals surface area contributed by atoms with Crippen LogP contribution in [0.4, 0.5) is 5.69 Å². The van der Waals surface area contributed by atoms with Crippen LogP contribution in [-0.2, 0) is 11.2 Å². The third kappa shape index (κ3) is 3.96. The van der Waals surface area contributed by atoms with Gasteiger partial charge in [0.2, 0.25) is 0 Å². The van der Waals surface area contributed by atoms with Crippen LogP contribution in [0.15, 0.2) is 35.0 Å². The molecule has 6 heteroatoms. The van der Waals surface area contributed by atoms with Gasteiger partial charge in [-0.1, -0.05) is 0 Å². The predicted molar refractivity (Wildman–Crippen MR) is 98.7 cm³/mol. The lowest BCUT2D eigenvalue weighted by Gasteiger charge is -2.32. The van der Waals surface area contributed by atoms with E-state index < -0.39 is 0 Å². The molecule has 3 aliphatic rings. The zero-order chi connectivity index (χ0) is 17.3. The Morgan fingerprint density at radius 2 is 2.16 bits per heavy atom. The van der Waals surface area contributed by atoms with Crippen molar-refractivity contribution in [1.29, 1.82) is 0 Å². The Hall–Kier alpha value is -2.05. The summed E-state index contributed by atoms with van der Waals surface area (Å²) in [6.45, 7) is 5.52. The first-order valence-corrected chi connectivity index (χ1v) is 8.99. The van der Waals surface area contributed by atoms with Crippen LogP contribution in [0.25, 0.3) is 0 Å². The van der Waals surface area contributed by atoms with E-state index in [0.717, 1.165) is 68.3 Å². The maximum atomic E-state index is 6.19. The third-order valence-corrected chi connectivity index (χ3v) is 5.06. The summed E-state index contributed by atoms with van der Waals surface area (Å²) in [4.78, 5) is 6.87. The second-order valence-corrected chi connectivity index (χ2v) is 7.27. The number of allylic oxidation sites excluding steroid dienone is 1. The summed E-state index contributed by atoms with van der Waals surface area (Å²) in [5.41, 5.74) is 9.20. The number of ether oxygens (including phenoxy) is 2. The van der Waals surface area contributed by atoms with Crippen LogP contribution in [-0.4, -0.2) is 49.3 Å². The highest BCUT2D eigenvalue weighted by Crippen LogP contribution is 2.40. The number of nitrogens with zero attached hydrogens (tertiary/aromatic N) is 2. The predicted octanol–water partition coefficient (Wildman–Crippen LogP) is 1.92. The van der Waals surface area contributed by atoms with E-state index in [9.17, 15) is 0 Å². The van der Waals surface area contributed by atoms with E-state index in [1.807, 2.05) is 12.1 Å². The number of aliphatic imine (C=N–C) groups is 1. The molecule has 2 heterocycles. The molecule has 1 saturated heterocycles. The van der Waals surface area contributed by atoms with Gasteiger partial charge in [-0.15, -0.1) is 0 Å². The van der Waals surface area contributed by atoms with Crippen molar-refractivity contribution >= 4 is 12.0 Å². The maximum absolute atomic E-state index is 6.19. The third-order valence-electron chi connectivity index (χ3n) is 5.06. The molecular formula is C19H26N4O2. The highest BCUT2D eigenvalue weighted by molar-refractivity contribution is 5.61. The van der Waals surface area contributed by atoms with Crippen LogP contribution in [0.1, 0.15) is 25.3 Å². The summed E-state index contributed by atoms with van der Waals surface area (Å²) >= 11 is 0. The lowest BCUT2D eigenvalue weighted by atomic mass is 10.1. The van der Waals surface area contributed by atoms with Gasteiger partial charge in [0.1, 0.15) is 17.5 Å². The molecule has 0 radical (unpaired) electrons. The Kier molecular flexibility index (Phi) is 4.39. The minimum Gasteiger partial charge on any atom is -0.488 e. The number of rotatable bonds is 5. The summed E-state index contributed by atoms with van der Waals surface area (Å²) in [5.74, 6) is 0.902. The van der Waals surface area contributed by atoms with Crippen LogP contribution >= 0.6 is 0 Å². The fourth-order valence-electron chi connectivity index (χ4n) is 3.19. The van der Waals surface area contributed by atoms with Crippen molar-refractivity contribution in [3.8, 4) is 5.75 Å². The fourth-order valence-corrected chi connectivity index (χ4v) is 3.19. The molecule has 1 aliphatic carbocycles. The Morgan fingerprint density at radius 3 is 2.92 bits per heavy atom. The monoisotopic (exact) mass is 342 g/mol. The Balaban J connectivity index is 1.47. The zero-order valence-corrected chi connectivity index (χ0v) is 14.7. The topological polar surface area (TPSA) is 72.1 Å². The van der Waals surface area contributed by atoms with E-state index in [0.29, 0.717) is 0 Å². The molecule has 1 aromatic rings. The molecule has 1 atom stereocenters. The van der Waals surface area contributed by atoms with Gasteiger partial charge in [0.25, 0.3) is 0 Å². The number of nitrogens with one attached hydrogen (secondary N) is 1. The first-order valence-electron chi connectivity index (χ1n) is 8.99. The number of hydrogen-bond donors (Lipinski definition) is 2. The number of anilines is 1. The molecule has 0 bridgehead atoms. The van der Waals surface area contributed by atoms with Crippen LogP contribution in [0, 0.1) is 0 Å². The molecule has 0 spiro atoms. The molecule has 1 aromatic carbocycles. The molecule has 3 N–H and O–H groups in total. The first kappa shape index (κ1) is 16.4. The SMILES string of the molecule is CC1(Oc2ccc(N)c(CC3=CC(N4CCOCC4)N=CN3)c2)CC1. The quantitative estimate of drug-likeness (QED) is 0.800. The van der Waals surface area contributed by atoms with Gasteiger partial charge in [0.05, 0.1) is 19.6 Å². The van der Waals surface area contributed by atoms with Gasteiger partial charge in [-0.05, 0) is 49.6 Å². The van der Waals surface area contributed by atoms with Crippen molar-refractivity contribution in [2.75, 3.05) is 32.0 Å². The van der Waals surface area contributed by atoms with Crippen molar-refractivity contribution in [3.05, 3.63) is 35.5 Å². The van der Waals surface area contributed by atoms with E-state index in [-0.39, 0.29) is 11.8 Å². The van der Waals surface area contributed by atoms with E-state index in [1.165, 1.54) is 0 Å². The van der Waals surface area contributed by atoms with Crippen LogP contribution in [0.3, 0.4) is 0 Å². The molecule has 2 fully saturated rings. The largest absolute Gasteiger partial charge is 0.488 e. The van der Waals surface area contributed by atoms with Gasteiger partial charge < -0.3 is 20.5 Å². The normalized spacial score (nSPS) is 25.2. The molecule has 134 valence electrons. The molecule has 0 amide bonds. The summed E-state index contributed by atoms with van der Waals surface area (Å²) in [5, 5.41) is 3.26. The smallest absolute Gasteiger partial charge is 0.124 e. The molecule has 4 rings (SSSR count). The molecule has 6 nitrogen and oxygen atoms in total. The Bertz CT molecular complexity index is 691. The zero-order valence-electron chi connectivity index (χ0n) is 14.7. The number of hydrogen-bond acceptors (Lipinski definition) is 6. The molecule has 0 aromatic heterocycles. The van der Waals surface area contributed by atoms with Gasteiger partial charge >= 0.3 is 0 Å². The van der Waals surface area contributed by atoms with Gasteiger partial charge in [0.15, 0.2) is 0 Å². The summed E-state index contributed by atoms with van der Waals surface area (Å²) in [7, 11) is 0. The number of morpholine rings is 1. The average molecular weight is 342 g/mol. The lowest BCUT2D eigenvalue weighted by Crippen LogP contribution is -2.43. The van der Waals surface area contributed by atoms with E-state index in [2.05, 4.69) is 34.3 Å². The van der Waals surface area contributed by atoms with Crippen molar-refractivity contribution in [2.45, 2.75) is 38.0 Å². The van der Waals surface area contributed by atoms with Crippen LogP contribution < -0.4 is 15.8 Å². The van der Waals surface area contributed by atoms with Crippen molar-refractivity contribution in [1.82, 2.24) is 10.2 Å². The fraction of sp³-hybridized carbons (Fsp3) is 0.526. The van der Waals surface area contributed by atoms with E-state index in [1.54, 1.807) is 6.34 Å². The number of nitrogen functional groups attached to an aromatic ring is 1. The molecular weight excluding hydrogens is 316 g/mol. The van der Waals surface area contributed by atoms with Crippen LogP contribution in [0.2, 0.25) is 0 Å². The lowest BCUT2D eigenvalue weighted by molar-refractivity contribution is 0.0267. The van der Waals surface area contributed by atoms with Gasteiger partial charge in [0, 0.05) is 30.9 Å². The number of nitrogens with two attached hydrogens (primary N) is 1. The van der Waals surface area contributed by atoms with Crippen molar-refractivity contribution in [3.63, 3.8) is 0 Å². The van der Waals surface area contributed by atoms with Gasteiger partial charge in [-0.3, -0.25) is 9.89 Å². The molecule has 2 aliphatic heterocycles. The minimum absolute atomic E-state index is 0.0177. The summed E-state index contributed by atoms with van der Waals surface area (Å²) in [6, 6.07) is 5.97. The van der Waals surface area contributed by atoms with Gasteiger partial charge in [-0.25, -0.2) is 0 Å². The minimum atomic E-state index is 0.0177. The molecule has 25 heavy (non-hydrogen) atoms. The molecule has 1 unspecified atom stereocenters. The highest BCUT2D eigenvalue weighted by atomic mass is 16.5. The maximum Gasteiger partial charge on any atom is 0.124 e.